The topological polar surface area (TPSA) is 169 Å². The number of rotatable bonds is 15. The zero-order chi connectivity index (χ0) is 40.8. The number of aryl methyl sites for hydroxylation is 1. The first kappa shape index (κ1) is 42.3. The van der Waals surface area contributed by atoms with Crippen LogP contribution in [0.2, 0.25) is 0 Å². The Labute approximate surface area is 325 Å². The molecule has 56 heavy (non-hydrogen) atoms. The van der Waals surface area contributed by atoms with Crippen LogP contribution < -0.4 is 19.7 Å². The average Bonchev–Trinajstić information content (AvgIpc) is 3.12. The Hall–Kier alpha value is -4.87. The fraction of sp³-hybridized carbons (Fsp3) is 0.462. The summed E-state index contributed by atoms with van der Waals surface area (Å²) in [5.41, 5.74) is -0.317. The first-order valence-corrected chi connectivity index (χ1v) is 19.7. The Morgan fingerprint density at radius 1 is 1.04 bits per heavy atom. The molecular formula is C39H48F3N7O6S. The van der Waals surface area contributed by atoms with Crippen molar-refractivity contribution in [2.24, 2.45) is 11.3 Å². The molecule has 4 aromatic rings. The first-order chi connectivity index (χ1) is 26.3. The van der Waals surface area contributed by atoms with Crippen molar-refractivity contribution in [3.05, 3.63) is 82.9 Å². The number of carboxylic acid groups (broad SMARTS) is 1. The van der Waals surface area contributed by atoms with Gasteiger partial charge in [0.1, 0.15) is 18.0 Å². The molecule has 1 aliphatic rings. The highest BCUT2D eigenvalue weighted by atomic mass is 32.2. The van der Waals surface area contributed by atoms with Crippen LogP contribution in [0.25, 0.3) is 11.3 Å². The number of aromatic carboxylic acids is 1. The Morgan fingerprint density at radius 3 is 2.34 bits per heavy atom. The molecule has 2 aromatic carbocycles. The van der Waals surface area contributed by atoms with Gasteiger partial charge in [0, 0.05) is 24.7 Å². The second-order valence-electron chi connectivity index (χ2n) is 15.3. The summed E-state index contributed by atoms with van der Waals surface area (Å²) in [7, 11) is -4.59. The molecule has 1 fully saturated rings. The summed E-state index contributed by atoms with van der Waals surface area (Å²) in [6.07, 6.45) is -0.707. The number of anilines is 2. The molecule has 0 spiro atoms. The van der Waals surface area contributed by atoms with Crippen LogP contribution in [0.15, 0.2) is 59.8 Å². The summed E-state index contributed by atoms with van der Waals surface area (Å²) in [6, 6.07) is 9.12. The third kappa shape index (κ3) is 11.1. The second kappa shape index (κ2) is 17.5. The van der Waals surface area contributed by atoms with Crippen LogP contribution in [0.3, 0.4) is 0 Å². The predicted molar refractivity (Wildman–Crippen MR) is 205 cm³/mol. The highest BCUT2D eigenvalue weighted by Crippen LogP contribution is 2.44. The lowest BCUT2D eigenvalue weighted by Gasteiger charge is -2.28. The van der Waals surface area contributed by atoms with Gasteiger partial charge in [-0.2, -0.15) is 18.2 Å². The summed E-state index contributed by atoms with van der Waals surface area (Å²) >= 11 is 0. The van der Waals surface area contributed by atoms with E-state index in [1.165, 1.54) is 12.1 Å². The molecule has 3 heterocycles. The van der Waals surface area contributed by atoms with Crippen molar-refractivity contribution in [1.29, 1.82) is 0 Å². The van der Waals surface area contributed by atoms with Crippen LogP contribution in [0.4, 0.5) is 24.8 Å². The van der Waals surface area contributed by atoms with Gasteiger partial charge >= 0.3 is 12.1 Å². The molecule has 0 saturated carbocycles. The number of hydrogen-bond donors (Lipinski definition) is 3. The quantitative estimate of drug-likeness (QED) is 0.116. The number of nitrogens with one attached hydrogen (secondary N) is 2. The number of hydrogen-bond acceptors (Lipinski definition) is 11. The largest absolute Gasteiger partial charge is 0.478 e. The van der Waals surface area contributed by atoms with E-state index in [1.807, 2.05) is 34.6 Å². The minimum absolute atomic E-state index is 0.0608. The molecule has 0 amide bonds. The van der Waals surface area contributed by atoms with Crippen LogP contribution in [0.1, 0.15) is 73.9 Å². The van der Waals surface area contributed by atoms with Gasteiger partial charge in [-0.05, 0) is 60.4 Å². The van der Waals surface area contributed by atoms with E-state index in [2.05, 4.69) is 34.9 Å². The highest BCUT2D eigenvalue weighted by Gasteiger charge is 2.41. The van der Waals surface area contributed by atoms with Gasteiger partial charge in [0.25, 0.3) is 10.0 Å². The molecule has 5 rings (SSSR count). The molecular weight excluding hydrogens is 752 g/mol. The monoisotopic (exact) mass is 799 g/mol. The van der Waals surface area contributed by atoms with E-state index in [4.69, 9.17) is 9.47 Å². The SMILES string of the molecule is Cc1cccc(CC(C)C)c1-c1nc(NS(=O)(=O)c2cccc(C(=O)O)c2)nc(OCC(CC(C)(C)C)NCc2ncc(N3CCOCC3)cn2)c1C(F)(F)F. The minimum Gasteiger partial charge on any atom is -0.478 e. The molecule has 2 aromatic heterocycles. The number of carboxylic acids is 1. The number of benzene rings is 2. The molecule has 0 aliphatic carbocycles. The minimum atomic E-state index is -5.03. The number of halogens is 3. The van der Waals surface area contributed by atoms with Crippen molar-refractivity contribution in [1.82, 2.24) is 25.3 Å². The van der Waals surface area contributed by atoms with Crippen LogP contribution in [0.5, 0.6) is 5.88 Å². The molecule has 3 N–H and O–H groups in total. The van der Waals surface area contributed by atoms with Crippen LogP contribution in [0, 0.1) is 18.3 Å². The fourth-order valence-electron chi connectivity index (χ4n) is 6.45. The fourth-order valence-corrected chi connectivity index (χ4v) is 7.44. The maximum atomic E-state index is 15.3. The summed E-state index contributed by atoms with van der Waals surface area (Å²) in [4.78, 5) is 30.5. The van der Waals surface area contributed by atoms with Gasteiger partial charge in [-0.15, -0.1) is 0 Å². The zero-order valence-electron chi connectivity index (χ0n) is 32.3. The zero-order valence-corrected chi connectivity index (χ0v) is 33.1. The molecule has 302 valence electrons. The highest BCUT2D eigenvalue weighted by molar-refractivity contribution is 7.92. The van der Waals surface area contributed by atoms with Crippen molar-refractivity contribution in [2.75, 3.05) is 42.5 Å². The summed E-state index contributed by atoms with van der Waals surface area (Å²) in [6.45, 7) is 14.0. The van der Waals surface area contributed by atoms with Crippen LogP contribution in [-0.4, -0.2) is 78.4 Å². The number of ether oxygens (including phenoxy) is 2. The third-order valence-electron chi connectivity index (χ3n) is 8.90. The molecule has 1 atom stereocenters. The van der Waals surface area contributed by atoms with Crippen molar-refractivity contribution >= 4 is 27.6 Å². The van der Waals surface area contributed by atoms with E-state index in [9.17, 15) is 18.3 Å². The third-order valence-corrected chi connectivity index (χ3v) is 10.2. The maximum Gasteiger partial charge on any atom is 0.423 e. The summed E-state index contributed by atoms with van der Waals surface area (Å²) < 4.78 is 86.7. The number of nitrogens with zero attached hydrogens (tertiary/aromatic N) is 5. The number of carbonyl (C=O) groups is 1. The lowest BCUT2D eigenvalue weighted by atomic mass is 9.88. The van der Waals surface area contributed by atoms with E-state index >= 15 is 13.2 Å². The molecule has 1 aliphatic heterocycles. The predicted octanol–water partition coefficient (Wildman–Crippen LogP) is 6.77. The Balaban J connectivity index is 1.54. The van der Waals surface area contributed by atoms with E-state index in [0.717, 1.165) is 30.9 Å². The summed E-state index contributed by atoms with van der Waals surface area (Å²) in [5, 5.41) is 12.8. The molecule has 13 nitrogen and oxygen atoms in total. The Bertz CT molecular complexity index is 2100. The van der Waals surface area contributed by atoms with Gasteiger partial charge in [-0.1, -0.05) is 58.9 Å². The van der Waals surface area contributed by atoms with Crippen molar-refractivity contribution in [3.8, 4) is 17.1 Å². The van der Waals surface area contributed by atoms with Crippen LogP contribution >= 0.6 is 0 Å². The lowest BCUT2D eigenvalue weighted by Crippen LogP contribution is -2.38. The maximum absolute atomic E-state index is 15.3. The molecule has 0 bridgehead atoms. The summed E-state index contributed by atoms with van der Waals surface area (Å²) in [5.74, 6) is -2.38. The Kier molecular flexibility index (Phi) is 13.2. The van der Waals surface area contributed by atoms with Gasteiger partial charge in [0.2, 0.25) is 11.8 Å². The number of morpholine rings is 1. The van der Waals surface area contributed by atoms with Crippen LogP contribution in [-0.2, 0) is 33.9 Å². The second-order valence-corrected chi connectivity index (χ2v) is 17.0. The average molecular weight is 800 g/mol. The lowest BCUT2D eigenvalue weighted by molar-refractivity contribution is -0.139. The normalized spacial score (nSPS) is 14.5. The number of alkyl halides is 3. The van der Waals surface area contributed by atoms with Gasteiger partial charge in [-0.25, -0.2) is 32.9 Å². The van der Waals surface area contributed by atoms with Gasteiger partial charge in [0.05, 0.1) is 54.0 Å². The smallest absolute Gasteiger partial charge is 0.423 e. The Morgan fingerprint density at radius 2 is 1.71 bits per heavy atom. The standard InChI is InChI=1S/C39H48F3N7O6S/c1-24(2)17-26-10-7-9-25(3)32(26)34-33(39(40,41)42)35(47-37(46-34)48-56(52,53)30-12-8-11-27(18-30)36(50)51)55-23-28(19-38(4,5)6)43-22-31-44-20-29(21-45-31)49-13-15-54-16-14-49/h7-12,18,20-21,24,28,43H,13-17,19,22-23H2,1-6H3,(H,50,51)(H,46,47,48). The molecule has 0 radical (unpaired) electrons. The van der Waals surface area contributed by atoms with Gasteiger partial charge < -0.3 is 24.8 Å². The van der Waals surface area contributed by atoms with E-state index in [0.29, 0.717) is 43.0 Å². The molecule has 17 heteroatoms. The van der Waals surface area contributed by atoms with Gasteiger partial charge in [0.15, 0.2) is 0 Å². The first-order valence-electron chi connectivity index (χ1n) is 18.2. The molecule has 1 unspecified atom stereocenters. The van der Waals surface area contributed by atoms with Gasteiger partial charge in [-0.3, -0.25) is 0 Å². The van der Waals surface area contributed by atoms with E-state index in [-0.39, 0.29) is 35.6 Å². The number of sulfonamides is 1. The molecule has 1 saturated heterocycles. The van der Waals surface area contributed by atoms with E-state index < -0.39 is 56.2 Å². The van der Waals surface area contributed by atoms with E-state index in [1.54, 1.807) is 37.5 Å². The number of aromatic nitrogens is 4. The van der Waals surface area contributed by atoms with Crippen molar-refractivity contribution < 1.29 is 41.0 Å². The van der Waals surface area contributed by atoms with Crippen molar-refractivity contribution in [3.63, 3.8) is 0 Å². The van der Waals surface area contributed by atoms with Crippen molar-refractivity contribution in [2.45, 2.75) is 78.0 Å².